The fourth-order valence-corrected chi connectivity index (χ4v) is 1.58. The minimum absolute atomic E-state index is 0.339. The SMILES string of the molecule is C[C@@H](Cc1ccc(Br)cn1)S(N)(=O)=O. The van der Waals surface area contributed by atoms with Crippen molar-refractivity contribution < 1.29 is 8.42 Å². The third-order valence-electron chi connectivity index (χ3n) is 1.85. The molecular weight excluding hydrogens is 268 g/mol. The van der Waals surface area contributed by atoms with Gasteiger partial charge < -0.3 is 0 Å². The number of rotatable bonds is 3. The second-order valence-corrected chi connectivity index (χ2v) is 5.97. The monoisotopic (exact) mass is 278 g/mol. The molecule has 0 saturated carbocycles. The van der Waals surface area contributed by atoms with Crippen molar-refractivity contribution in [3.05, 3.63) is 28.5 Å². The lowest BCUT2D eigenvalue weighted by Crippen LogP contribution is -2.27. The van der Waals surface area contributed by atoms with Crippen LogP contribution in [-0.4, -0.2) is 18.7 Å². The summed E-state index contributed by atoms with van der Waals surface area (Å²) in [5.41, 5.74) is 0.717. The predicted octanol–water partition coefficient (Wildman–Crippen LogP) is 1.06. The van der Waals surface area contributed by atoms with Crippen molar-refractivity contribution in [3.8, 4) is 0 Å². The minimum Gasteiger partial charge on any atom is -0.260 e. The molecule has 6 heteroatoms. The molecule has 0 unspecified atom stereocenters. The Hall–Kier alpha value is -0.460. The van der Waals surface area contributed by atoms with E-state index >= 15 is 0 Å². The maximum absolute atomic E-state index is 10.9. The van der Waals surface area contributed by atoms with Gasteiger partial charge >= 0.3 is 0 Å². The molecule has 0 spiro atoms. The Labute approximate surface area is 91.7 Å². The maximum atomic E-state index is 10.9. The Morgan fingerprint density at radius 1 is 1.57 bits per heavy atom. The van der Waals surface area contributed by atoms with E-state index in [1.807, 2.05) is 6.07 Å². The van der Waals surface area contributed by atoms with E-state index in [0.29, 0.717) is 6.42 Å². The highest BCUT2D eigenvalue weighted by Crippen LogP contribution is 2.10. The Morgan fingerprint density at radius 3 is 2.64 bits per heavy atom. The first-order valence-electron chi connectivity index (χ1n) is 4.01. The van der Waals surface area contributed by atoms with E-state index in [4.69, 9.17) is 5.14 Å². The van der Waals surface area contributed by atoms with E-state index in [1.54, 1.807) is 19.2 Å². The van der Waals surface area contributed by atoms with Crippen LogP contribution in [-0.2, 0) is 16.4 Å². The molecule has 78 valence electrons. The van der Waals surface area contributed by atoms with Gasteiger partial charge in [0.2, 0.25) is 10.0 Å². The van der Waals surface area contributed by atoms with Crippen LogP contribution in [0.4, 0.5) is 0 Å². The molecule has 2 N–H and O–H groups in total. The summed E-state index contributed by atoms with van der Waals surface area (Å²) in [5.74, 6) is 0. The molecule has 1 rings (SSSR count). The molecule has 1 atom stereocenters. The lowest BCUT2D eigenvalue weighted by molar-refractivity contribution is 0.583. The van der Waals surface area contributed by atoms with Crippen LogP contribution in [0.3, 0.4) is 0 Å². The first-order chi connectivity index (χ1) is 6.39. The van der Waals surface area contributed by atoms with Gasteiger partial charge in [-0.15, -0.1) is 0 Å². The van der Waals surface area contributed by atoms with Crippen LogP contribution in [0.25, 0.3) is 0 Å². The van der Waals surface area contributed by atoms with Crippen LogP contribution in [0.15, 0.2) is 22.8 Å². The van der Waals surface area contributed by atoms with Gasteiger partial charge in [0.15, 0.2) is 0 Å². The molecule has 0 amide bonds. The van der Waals surface area contributed by atoms with Crippen molar-refractivity contribution in [2.24, 2.45) is 5.14 Å². The molecular formula is C8H11BrN2O2S. The van der Waals surface area contributed by atoms with Gasteiger partial charge in [-0.25, -0.2) is 13.6 Å². The zero-order chi connectivity index (χ0) is 10.8. The van der Waals surface area contributed by atoms with Crippen molar-refractivity contribution in [1.29, 1.82) is 0 Å². The highest BCUT2D eigenvalue weighted by Gasteiger charge is 2.16. The number of primary sulfonamides is 1. The van der Waals surface area contributed by atoms with Gasteiger partial charge in [-0.05, 0) is 35.0 Å². The fraction of sp³-hybridized carbons (Fsp3) is 0.375. The number of hydrogen-bond acceptors (Lipinski definition) is 3. The van der Waals surface area contributed by atoms with E-state index in [2.05, 4.69) is 20.9 Å². The summed E-state index contributed by atoms with van der Waals surface area (Å²) in [6.45, 7) is 1.57. The average Bonchev–Trinajstić information content (AvgIpc) is 2.07. The molecule has 1 aromatic heterocycles. The normalized spacial score (nSPS) is 13.9. The molecule has 0 aromatic carbocycles. The smallest absolute Gasteiger partial charge is 0.212 e. The fourth-order valence-electron chi connectivity index (χ4n) is 0.938. The molecule has 1 heterocycles. The molecule has 4 nitrogen and oxygen atoms in total. The van der Waals surface area contributed by atoms with E-state index in [-0.39, 0.29) is 0 Å². The van der Waals surface area contributed by atoms with E-state index < -0.39 is 15.3 Å². The summed E-state index contributed by atoms with van der Waals surface area (Å²) < 4.78 is 22.8. The standard InChI is InChI=1S/C8H11BrN2O2S/c1-6(14(10,12)13)4-8-3-2-7(9)5-11-8/h2-3,5-6H,4H2,1H3,(H2,10,12,13)/t6-/m0/s1. The number of aromatic nitrogens is 1. The third-order valence-corrected chi connectivity index (χ3v) is 3.60. The van der Waals surface area contributed by atoms with E-state index in [1.165, 1.54) is 0 Å². The Balaban J connectivity index is 2.75. The molecule has 0 fully saturated rings. The van der Waals surface area contributed by atoms with Crippen LogP contribution >= 0.6 is 15.9 Å². The van der Waals surface area contributed by atoms with Gasteiger partial charge in [-0.3, -0.25) is 4.98 Å². The second-order valence-electron chi connectivity index (χ2n) is 3.07. The molecule has 14 heavy (non-hydrogen) atoms. The van der Waals surface area contributed by atoms with Crippen molar-refractivity contribution in [2.45, 2.75) is 18.6 Å². The van der Waals surface area contributed by atoms with Gasteiger partial charge in [-0.1, -0.05) is 0 Å². The van der Waals surface area contributed by atoms with Crippen molar-refractivity contribution in [1.82, 2.24) is 4.98 Å². The average molecular weight is 279 g/mol. The number of pyridine rings is 1. The number of halogens is 1. The van der Waals surface area contributed by atoms with Crippen LogP contribution in [0, 0.1) is 0 Å². The number of hydrogen-bond donors (Lipinski definition) is 1. The molecule has 0 aliphatic rings. The van der Waals surface area contributed by atoms with Gasteiger partial charge in [-0.2, -0.15) is 0 Å². The largest absolute Gasteiger partial charge is 0.260 e. The molecule has 0 aliphatic carbocycles. The van der Waals surface area contributed by atoms with E-state index in [0.717, 1.165) is 10.2 Å². The minimum atomic E-state index is -3.46. The molecule has 0 saturated heterocycles. The third kappa shape index (κ3) is 3.36. The number of sulfonamides is 1. The van der Waals surface area contributed by atoms with Crippen LogP contribution in [0.1, 0.15) is 12.6 Å². The zero-order valence-corrected chi connectivity index (χ0v) is 10.0. The van der Waals surface area contributed by atoms with Gasteiger partial charge in [0.1, 0.15) is 0 Å². The summed E-state index contributed by atoms with van der Waals surface area (Å²) in [6, 6.07) is 3.59. The summed E-state index contributed by atoms with van der Waals surface area (Å²) in [7, 11) is -3.46. The molecule has 0 aliphatic heterocycles. The lowest BCUT2D eigenvalue weighted by atomic mass is 10.2. The predicted molar refractivity (Wildman–Crippen MR) is 58.2 cm³/mol. The van der Waals surface area contributed by atoms with Gasteiger partial charge in [0.25, 0.3) is 0 Å². The number of nitrogens with zero attached hydrogens (tertiary/aromatic N) is 1. The Bertz CT molecular complexity index is 402. The summed E-state index contributed by atoms with van der Waals surface area (Å²) in [6.07, 6.45) is 1.97. The molecule has 1 aromatic rings. The zero-order valence-electron chi connectivity index (χ0n) is 7.64. The van der Waals surface area contributed by atoms with E-state index in [9.17, 15) is 8.42 Å². The topological polar surface area (TPSA) is 73.0 Å². The van der Waals surface area contributed by atoms with Crippen molar-refractivity contribution in [3.63, 3.8) is 0 Å². The quantitative estimate of drug-likeness (QED) is 0.899. The van der Waals surface area contributed by atoms with Crippen LogP contribution in [0.2, 0.25) is 0 Å². The summed E-state index contributed by atoms with van der Waals surface area (Å²) >= 11 is 3.25. The van der Waals surface area contributed by atoms with Crippen molar-refractivity contribution in [2.75, 3.05) is 0 Å². The molecule has 0 bridgehead atoms. The maximum Gasteiger partial charge on any atom is 0.212 e. The van der Waals surface area contributed by atoms with Crippen LogP contribution in [0.5, 0.6) is 0 Å². The Kier molecular flexibility index (Phi) is 3.63. The second kappa shape index (κ2) is 4.37. The summed E-state index contributed by atoms with van der Waals surface area (Å²) in [5, 5.41) is 4.39. The lowest BCUT2D eigenvalue weighted by Gasteiger charge is -2.07. The first kappa shape index (κ1) is 11.6. The van der Waals surface area contributed by atoms with Crippen LogP contribution < -0.4 is 5.14 Å². The Morgan fingerprint density at radius 2 is 2.21 bits per heavy atom. The summed E-state index contributed by atoms with van der Waals surface area (Å²) in [4.78, 5) is 4.06. The first-order valence-corrected chi connectivity index (χ1v) is 6.42. The van der Waals surface area contributed by atoms with Gasteiger partial charge in [0.05, 0.1) is 5.25 Å². The highest BCUT2D eigenvalue weighted by atomic mass is 79.9. The molecule has 0 radical (unpaired) electrons. The number of nitrogens with two attached hydrogens (primary N) is 1. The highest BCUT2D eigenvalue weighted by molar-refractivity contribution is 9.10. The van der Waals surface area contributed by atoms with Gasteiger partial charge in [0, 0.05) is 22.8 Å². The van der Waals surface area contributed by atoms with Crippen molar-refractivity contribution >= 4 is 26.0 Å².